The number of anilines is 1. The molecule has 10 heteroatoms. The minimum absolute atomic E-state index is 0.215. The molecule has 0 bridgehead atoms. The molecule has 2 heterocycles. The lowest BCUT2D eigenvalue weighted by molar-refractivity contribution is 0.103. The predicted octanol–water partition coefficient (Wildman–Crippen LogP) is 3.91. The van der Waals surface area contributed by atoms with Crippen molar-refractivity contribution in [1.82, 2.24) is 25.2 Å². The summed E-state index contributed by atoms with van der Waals surface area (Å²) >= 11 is 7.17. The van der Waals surface area contributed by atoms with E-state index < -0.39 is 0 Å². The number of hydrogen-bond acceptors (Lipinski definition) is 7. The van der Waals surface area contributed by atoms with Crippen LogP contribution in [0, 0.1) is 6.92 Å². The van der Waals surface area contributed by atoms with Gasteiger partial charge in [-0.1, -0.05) is 11.6 Å². The second kappa shape index (κ2) is 8.38. The van der Waals surface area contributed by atoms with Crippen molar-refractivity contribution < 1.29 is 9.53 Å². The quantitative estimate of drug-likeness (QED) is 0.502. The van der Waals surface area contributed by atoms with E-state index in [0.29, 0.717) is 27.0 Å². The Kier molecular flexibility index (Phi) is 5.50. The smallest absolute Gasteiger partial charge is 0.267 e. The number of aryl methyl sites for hydroxylation is 1. The molecule has 8 nitrogen and oxygen atoms in total. The third kappa shape index (κ3) is 4.58. The van der Waals surface area contributed by atoms with Crippen LogP contribution in [0.15, 0.2) is 54.9 Å². The van der Waals surface area contributed by atoms with Gasteiger partial charge in [0.2, 0.25) is 0 Å². The Hall–Kier alpha value is -3.30. The number of ether oxygens (including phenoxy) is 1. The summed E-state index contributed by atoms with van der Waals surface area (Å²) in [5.41, 5.74) is 2.12. The largest absolute Gasteiger partial charge is 0.486 e. The highest BCUT2D eigenvalue weighted by Crippen LogP contribution is 2.23. The number of benzene rings is 2. The van der Waals surface area contributed by atoms with Crippen LogP contribution >= 0.6 is 22.9 Å². The van der Waals surface area contributed by atoms with Crippen molar-refractivity contribution >= 4 is 34.5 Å². The molecule has 0 aliphatic carbocycles. The van der Waals surface area contributed by atoms with E-state index in [1.807, 2.05) is 12.1 Å². The summed E-state index contributed by atoms with van der Waals surface area (Å²) in [6.07, 6.45) is 1.50. The number of carbonyl (C=O) groups excluding carboxylic acids is 1. The number of thiazole rings is 1. The summed E-state index contributed by atoms with van der Waals surface area (Å²) < 4.78 is 7.23. The maximum absolute atomic E-state index is 12.6. The number of halogens is 1. The first-order valence-electron chi connectivity index (χ1n) is 8.58. The molecule has 4 aromatic rings. The fourth-order valence-electron chi connectivity index (χ4n) is 2.57. The Balaban J connectivity index is 1.40. The zero-order valence-corrected chi connectivity index (χ0v) is 16.8. The van der Waals surface area contributed by atoms with Crippen molar-refractivity contribution in [2.45, 2.75) is 13.5 Å². The molecular weight excluding hydrogens is 412 g/mol. The lowest BCUT2D eigenvalue weighted by Crippen LogP contribution is -2.11. The molecule has 0 fully saturated rings. The lowest BCUT2D eigenvalue weighted by atomic mass is 10.2. The SMILES string of the molecule is Cc1nc(COc2ccc(Cl)cc2)sc1C(=O)Nc1ccc(-n2cnnn2)cc1. The van der Waals surface area contributed by atoms with Crippen molar-refractivity contribution in [3.63, 3.8) is 0 Å². The van der Waals surface area contributed by atoms with E-state index in [0.717, 1.165) is 10.7 Å². The fourth-order valence-corrected chi connectivity index (χ4v) is 3.56. The molecule has 1 amide bonds. The number of nitrogens with zero attached hydrogens (tertiary/aromatic N) is 5. The van der Waals surface area contributed by atoms with Crippen molar-refractivity contribution in [3.8, 4) is 11.4 Å². The van der Waals surface area contributed by atoms with Crippen LogP contribution < -0.4 is 10.1 Å². The topological polar surface area (TPSA) is 94.8 Å². The van der Waals surface area contributed by atoms with Gasteiger partial charge in [0.15, 0.2) is 0 Å². The van der Waals surface area contributed by atoms with Crippen molar-refractivity contribution in [1.29, 1.82) is 0 Å². The first-order chi connectivity index (χ1) is 14.1. The molecule has 29 heavy (non-hydrogen) atoms. The molecule has 4 rings (SSSR count). The van der Waals surface area contributed by atoms with Gasteiger partial charge in [-0.15, -0.1) is 16.4 Å². The summed E-state index contributed by atoms with van der Waals surface area (Å²) in [7, 11) is 0. The second-order valence-electron chi connectivity index (χ2n) is 6.02. The maximum Gasteiger partial charge on any atom is 0.267 e. The van der Waals surface area contributed by atoms with E-state index in [4.69, 9.17) is 16.3 Å². The van der Waals surface area contributed by atoms with Crippen LogP contribution in [0.4, 0.5) is 5.69 Å². The second-order valence-corrected chi connectivity index (χ2v) is 7.54. The third-order valence-corrected chi connectivity index (χ3v) is 5.34. The summed E-state index contributed by atoms with van der Waals surface area (Å²) in [5.74, 6) is 0.476. The fraction of sp³-hybridized carbons (Fsp3) is 0.105. The molecule has 0 saturated carbocycles. The zero-order valence-electron chi connectivity index (χ0n) is 15.2. The van der Waals surface area contributed by atoms with Gasteiger partial charge in [0.25, 0.3) is 5.91 Å². The van der Waals surface area contributed by atoms with Crippen molar-refractivity contribution in [2.24, 2.45) is 0 Å². The molecule has 1 N–H and O–H groups in total. The standard InChI is InChI=1S/C19H15ClN6O2S/c1-12-18(29-17(22-12)10-28-16-8-2-13(20)3-9-16)19(27)23-14-4-6-15(7-5-14)26-11-21-24-25-26/h2-9,11H,10H2,1H3,(H,23,27). The van der Waals surface area contributed by atoms with Gasteiger partial charge in [-0.2, -0.15) is 0 Å². The van der Waals surface area contributed by atoms with Gasteiger partial charge < -0.3 is 10.1 Å². The molecule has 0 atom stereocenters. The van der Waals surface area contributed by atoms with Crippen LogP contribution in [0.5, 0.6) is 5.75 Å². The molecule has 2 aromatic carbocycles. The van der Waals surface area contributed by atoms with E-state index in [1.165, 1.54) is 22.3 Å². The number of aromatic nitrogens is 5. The van der Waals surface area contributed by atoms with Crippen molar-refractivity contribution in [2.75, 3.05) is 5.32 Å². The van der Waals surface area contributed by atoms with Gasteiger partial charge in [0.05, 0.1) is 11.4 Å². The Morgan fingerprint density at radius 2 is 1.93 bits per heavy atom. The van der Waals surface area contributed by atoms with Crippen LogP contribution in [-0.2, 0) is 6.61 Å². The Labute approximate surface area is 175 Å². The van der Waals surface area contributed by atoms with Gasteiger partial charge >= 0.3 is 0 Å². The molecule has 0 aliphatic heterocycles. The molecule has 0 unspecified atom stereocenters. The van der Waals surface area contributed by atoms with Gasteiger partial charge in [0.1, 0.15) is 28.6 Å². The average molecular weight is 427 g/mol. The zero-order chi connectivity index (χ0) is 20.2. The van der Waals surface area contributed by atoms with Gasteiger partial charge in [0, 0.05) is 10.7 Å². The van der Waals surface area contributed by atoms with Gasteiger partial charge in [-0.25, -0.2) is 9.67 Å². The maximum atomic E-state index is 12.6. The molecule has 146 valence electrons. The minimum atomic E-state index is -0.215. The lowest BCUT2D eigenvalue weighted by Gasteiger charge is -2.05. The van der Waals surface area contributed by atoms with E-state index >= 15 is 0 Å². The molecule has 0 spiro atoms. The Morgan fingerprint density at radius 3 is 2.62 bits per heavy atom. The first kappa shape index (κ1) is 19.0. The highest BCUT2D eigenvalue weighted by molar-refractivity contribution is 7.13. The Bertz CT molecular complexity index is 1110. The van der Waals surface area contributed by atoms with E-state index in [1.54, 1.807) is 43.3 Å². The van der Waals surface area contributed by atoms with E-state index in [-0.39, 0.29) is 12.5 Å². The number of tetrazole rings is 1. The summed E-state index contributed by atoms with van der Waals surface area (Å²) in [6.45, 7) is 2.08. The number of carbonyl (C=O) groups is 1. The van der Waals surface area contributed by atoms with E-state index in [9.17, 15) is 4.79 Å². The third-order valence-electron chi connectivity index (χ3n) is 3.96. The molecule has 0 radical (unpaired) electrons. The van der Waals surface area contributed by atoms with Crippen LogP contribution in [0.25, 0.3) is 5.69 Å². The number of rotatable bonds is 6. The number of amides is 1. The summed E-state index contributed by atoms with van der Waals surface area (Å²) in [4.78, 5) is 17.6. The molecule has 2 aromatic heterocycles. The minimum Gasteiger partial charge on any atom is -0.486 e. The van der Waals surface area contributed by atoms with Crippen LogP contribution in [0.3, 0.4) is 0 Å². The molecular formula is C19H15ClN6O2S. The molecule has 0 aliphatic rings. The molecule has 0 saturated heterocycles. The number of nitrogens with one attached hydrogen (secondary N) is 1. The van der Waals surface area contributed by atoms with Crippen LogP contribution in [0.1, 0.15) is 20.4 Å². The number of hydrogen-bond donors (Lipinski definition) is 1. The average Bonchev–Trinajstić information content (AvgIpc) is 3.38. The van der Waals surface area contributed by atoms with E-state index in [2.05, 4.69) is 25.8 Å². The highest BCUT2D eigenvalue weighted by Gasteiger charge is 2.16. The Morgan fingerprint density at radius 1 is 1.17 bits per heavy atom. The summed E-state index contributed by atoms with van der Waals surface area (Å²) in [5, 5.41) is 15.3. The van der Waals surface area contributed by atoms with Gasteiger partial charge in [-0.05, 0) is 65.9 Å². The predicted molar refractivity (Wildman–Crippen MR) is 110 cm³/mol. The van der Waals surface area contributed by atoms with Gasteiger partial charge in [-0.3, -0.25) is 4.79 Å². The first-order valence-corrected chi connectivity index (χ1v) is 9.77. The highest BCUT2D eigenvalue weighted by atomic mass is 35.5. The summed E-state index contributed by atoms with van der Waals surface area (Å²) in [6, 6.07) is 14.3. The normalized spacial score (nSPS) is 10.7. The van der Waals surface area contributed by atoms with Crippen LogP contribution in [0.2, 0.25) is 5.02 Å². The van der Waals surface area contributed by atoms with Crippen LogP contribution in [-0.4, -0.2) is 31.1 Å². The van der Waals surface area contributed by atoms with Crippen molar-refractivity contribution in [3.05, 3.63) is 75.5 Å². The monoisotopic (exact) mass is 426 g/mol.